The monoisotopic (exact) mass is 286 g/mol. The third kappa shape index (κ3) is 2.34. The van der Waals surface area contributed by atoms with E-state index in [9.17, 15) is 9.90 Å². The molecule has 8 nitrogen and oxygen atoms in total. The summed E-state index contributed by atoms with van der Waals surface area (Å²) in [6, 6.07) is 6.87. The molecule has 0 radical (unpaired) electrons. The minimum atomic E-state index is -0.514. The smallest absolute Gasteiger partial charge is 0.275 e. The highest BCUT2D eigenvalue weighted by Gasteiger charge is 2.11. The fourth-order valence-electron chi connectivity index (χ4n) is 1.83. The second-order valence-electron chi connectivity index (χ2n) is 4.12. The van der Waals surface area contributed by atoms with Crippen LogP contribution in [0.15, 0.2) is 33.7 Å². The number of hydrogen-bond donors (Lipinski definition) is 2. The minimum absolute atomic E-state index is 0.0124. The van der Waals surface area contributed by atoms with E-state index in [1.165, 1.54) is 13.2 Å². The summed E-state index contributed by atoms with van der Waals surface area (Å²) in [6.45, 7) is 0. The van der Waals surface area contributed by atoms with Gasteiger partial charge in [0.15, 0.2) is 0 Å². The molecule has 0 unspecified atom stereocenters. The zero-order chi connectivity index (χ0) is 14.8. The van der Waals surface area contributed by atoms with Gasteiger partial charge in [-0.25, -0.2) is 9.61 Å². The summed E-state index contributed by atoms with van der Waals surface area (Å²) in [5.74, 6) is 0.327. The molecule has 1 aromatic carbocycles. The fourth-order valence-corrected chi connectivity index (χ4v) is 1.83. The molecule has 0 amide bonds. The molecular weight excluding hydrogens is 276 g/mol. The van der Waals surface area contributed by atoms with Crippen LogP contribution in [0.1, 0.15) is 11.3 Å². The van der Waals surface area contributed by atoms with Crippen LogP contribution in [-0.2, 0) is 0 Å². The van der Waals surface area contributed by atoms with Crippen molar-refractivity contribution in [3.63, 3.8) is 0 Å². The van der Waals surface area contributed by atoms with Crippen molar-refractivity contribution in [2.45, 2.75) is 0 Å². The number of para-hydroxylation sites is 1. The van der Waals surface area contributed by atoms with Crippen molar-refractivity contribution >= 4 is 23.1 Å². The van der Waals surface area contributed by atoms with Crippen LogP contribution in [0.5, 0.6) is 5.75 Å². The maximum absolute atomic E-state index is 11.8. The second-order valence-corrected chi connectivity index (χ2v) is 4.12. The van der Waals surface area contributed by atoms with E-state index in [1.54, 1.807) is 24.3 Å². The summed E-state index contributed by atoms with van der Waals surface area (Å²) in [4.78, 5) is 18.3. The highest BCUT2D eigenvalue weighted by atomic mass is 16.6. The molecule has 0 atom stereocenters. The minimum Gasteiger partial charge on any atom is -0.507 e. The number of aliphatic hydroxyl groups excluding tert-OH is 1. The zero-order valence-electron chi connectivity index (χ0n) is 10.9. The highest BCUT2D eigenvalue weighted by molar-refractivity contribution is 5.79. The van der Waals surface area contributed by atoms with Crippen molar-refractivity contribution in [2.24, 2.45) is 0 Å². The molecule has 21 heavy (non-hydrogen) atoms. The van der Waals surface area contributed by atoms with Gasteiger partial charge in [-0.3, -0.25) is 9.78 Å². The average molecular weight is 286 g/mol. The van der Waals surface area contributed by atoms with Crippen molar-refractivity contribution in [3.8, 4) is 5.75 Å². The van der Waals surface area contributed by atoms with Gasteiger partial charge in [-0.05, 0) is 22.4 Å². The van der Waals surface area contributed by atoms with Gasteiger partial charge in [-0.1, -0.05) is 12.1 Å². The molecule has 0 aliphatic heterocycles. The summed E-state index contributed by atoms with van der Waals surface area (Å²) >= 11 is 0. The number of ether oxygens (including phenoxy) is 1. The summed E-state index contributed by atoms with van der Waals surface area (Å²) < 4.78 is 9.61. The maximum Gasteiger partial charge on any atom is 0.275 e. The third-order valence-corrected chi connectivity index (χ3v) is 2.82. The fraction of sp³-hybridized carbons (Fsp3) is 0.0769. The topological polar surface area (TPSA) is 114 Å². The molecular formula is C13H10N4O4. The molecule has 106 valence electrons. The van der Waals surface area contributed by atoms with Crippen molar-refractivity contribution in [2.75, 3.05) is 7.11 Å². The summed E-state index contributed by atoms with van der Waals surface area (Å²) in [5.41, 5.74) is 0.212. The summed E-state index contributed by atoms with van der Waals surface area (Å²) in [6.07, 6.45) is 1.23. The third-order valence-electron chi connectivity index (χ3n) is 2.82. The summed E-state index contributed by atoms with van der Waals surface area (Å²) in [7, 11) is 1.49. The molecule has 3 rings (SSSR count). The van der Waals surface area contributed by atoms with Crippen molar-refractivity contribution in [1.82, 2.24) is 20.3 Å². The first-order chi connectivity index (χ1) is 10.2. The molecule has 0 aliphatic rings. The van der Waals surface area contributed by atoms with Crippen LogP contribution in [0.3, 0.4) is 0 Å². The number of benzene rings is 1. The second kappa shape index (κ2) is 5.08. The molecule has 2 heterocycles. The average Bonchev–Trinajstić information content (AvgIpc) is 2.94. The Labute approximate surface area is 117 Å². The predicted octanol–water partition coefficient (Wildman–Crippen LogP) is 1.37. The van der Waals surface area contributed by atoms with Gasteiger partial charge in [0, 0.05) is 6.08 Å². The number of rotatable bonds is 3. The number of nitrogens with zero attached hydrogens (tertiary/aromatic N) is 3. The Balaban J connectivity index is 2.10. The van der Waals surface area contributed by atoms with Crippen LogP contribution in [0.2, 0.25) is 0 Å². The first kappa shape index (κ1) is 12.9. The van der Waals surface area contributed by atoms with Gasteiger partial charge < -0.3 is 9.84 Å². The predicted molar refractivity (Wildman–Crippen MR) is 73.7 cm³/mol. The number of aromatic amines is 1. The van der Waals surface area contributed by atoms with Crippen molar-refractivity contribution < 1.29 is 14.5 Å². The van der Waals surface area contributed by atoms with Gasteiger partial charge in [-0.2, -0.15) is 0 Å². The number of fused-ring (bicyclic) bond motifs is 1. The van der Waals surface area contributed by atoms with Gasteiger partial charge in [0.25, 0.3) is 5.56 Å². The van der Waals surface area contributed by atoms with Gasteiger partial charge in [-0.15, -0.1) is 0 Å². The summed E-state index contributed by atoms with van der Waals surface area (Å²) in [5, 5.41) is 17.2. The van der Waals surface area contributed by atoms with Crippen LogP contribution in [-0.4, -0.2) is 32.5 Å². The van der Waals surface area contributed by atoms with Crippen LogP contribution >= 0.6 is 0 Å². The molecule has 2 N–H and O–H groups in total. The number of aromatic nitrogens is 4. The van der Waals surface area contributed by atoms with E-state index in [0.29, 0.717) is 11.3 Å². The Hall–Kier alpha value is -3.16. The Morgan fingerprint density at radius 3 is 3.00 bits per heavy atom. The molecule has 0 saturated heterocycles. The normalized spacial score (nSPS) is 11.8. The van der Waals surface area contributed by atoms with E-state index in [-0.39, 0.29) is 22.7 Å². The standard InChI is InChI=1S/C13H10N4O4/c1-20-10-5-3-2-4-7(10)9(18)6-8-13(19)15-12-11(14-8)16-21-17-12/h2-6,18H,1H3,(H,15,17,19)/b9-6-. The Bertz CT molecular complexity index is 881. The van der Waals surface area contributed by atoms with Crippen molar-refractivity contribution in [1.29, 1.82) is 0 Å². The zero-order valence-corrected chi connectivity index (χ0v) is 10.9. The maximum atomic E-state index is 11.8. The van der Waals surface area contributed by atoms with E-state index in [4.69, 9.17) is 4.74 Å². The quantitative estimate of drug-likeness (QED) is 0.699. The Morgan fingerprint density at radius 2 is 2.19 bits per heavy atom. The van der Waals surface area contributed by atoms with E-state index in [0.717, 1.165) is 0 Å². The van der Waals surface area contributed by atoms with Crippen LogP contribution in [0, 0.1) is 0 Å². The Morgan fingerprint density at radius 1 is 1.38 bits per heavy atom. The van der Waals surface area contributed by atoms with Gasteiger partial charge in [0.2, 0.25) is 11.3 Å². The molecule has 0 aliphatic carbocycles. The van der Waals surface area contributed by atoms with Gasteiger partial charge in [0.1, 0.15) is 17.2 Å². The van der Waals surface area contributed by atoms with E-state index in [1.807, 2.05) is 0 Å². The number of H-pyrrole nitrogens is 1. The molecule has 8 heteroatoms. The SMILES string of the molecule is COc1ccccc1/C(O)=C/c1nc2nonc2[nH]c1=O. The molecule has 3 aromatic rings. The lowest BCUT2D eigenvalue weighted by atomic mass is 10.1. The van der Waals surface area contributed by atoms with Crippen LogP contribution in [0.4, 0.5) is 0 Å². The van der Waals surface area contributed by atoms with Gasteiger partial charge >= 0.3 is 0 Å². The first-order valence-electron chi connectivity index (χ1n) is 5.95. The van der Waals surface area contributed by atoms with E-state index in [2.05, 4.69) is 24.9 Å². The molecule has 0 bridgehead atoms. The number of methoxy groups -OCH3 is 1. The van der Waals surface area contributed by atoms with Crippen LogP contribution < -0.4 is 10.3 Å². The van der Waals surface area contributed by atoms with Gasteiger partial charge in [0.05, 0.1) is 12.7 Å². The lowest BCUT2D eigenvalue weighted by Gasteiger charge is -2.06. The molecule has 2 aromatic heterocycles. The lowest BCUT2D eigenvalue weighted by molar-refractivity contribution is 0.314. The van der Waals surface area contributed by atoms with Crippen LogP contribution in [0.25, 0.3) is 23.1 Å². The largest absolute Gasteiger partial charge is 0.507 e. The highest BCUT2D eigenvalue weighted by Crippen LogP contribution is 2.24. The number of hydrogen-bond acceptors (Lipinski definition) is 7. The Kier molecular flexibility index (Phi) is 3.11. The number of aliphatic hydroxyl groups is 1. The van der Waals surface area contributed by atoms with E-state index >= 15 is 0 Å². The van der Waals surface area contributed by atoms with E-state index < -0.39 is 5.56 Å². The lowest BCUT2D eigenvalue weighted by Crippen LogP contribution is -2.12. The molecule has 0 saturated carbocycles. The molecule has 0 fully saturated rings. The van der Waals surface area contributed by atoms with Crippen molar-refractivity contribution in [3.05, 3.63) is 45.9 Å². The first-order valence-corrected chi connectivity index (χ1v) is 5.95. The number of nitrogens with one attached hydrogen (secondary N) is 1. The molecule has 0 spiro atoms.